The lowest BCUT2D eigenvalue weighted by Gasteiger charge is -2.51. The Hall–Kier alpha value is -3.16. The molecule has 0 unspecified atom stereocenters. The van der Waals surface area contributed by atoms with Gasteiger partial charge in [0.1, 0.15) is 5.82 Å². The van der Waals surface area contributed by atoms with Crippen molar-refractivity contribution in [2.75, 3.05) is 48.6 Å². The summed E-state index contributed by atoms with van der Waals surface area (Å²) in [5.41, 5.74) is 1.25. The number of alkyl halides is 3. The minimum absolute atomic E-state index is 0.00724. The maximum Gasteiger partial charge on any atom is 0.416 e. The van der Waals surface area contributed by atoms with Crippen LogP contribution in [-0.2, 0) is 25.7 Å². The van der Waals surface area contributed by atoms with Crippen LogP contribution in [0, 0.1) is 5.82 Å². The molecule has 2 fully saturated rings. The molecule has 46 heavy (non-hydrogen) atoms. The third kappa shape index (κ3) is 6.37. The van der Waals surface area contributed by atoms with E-state index in [2.05, 4.69) is 9.80 Å². The van der Waals surface area contributed by atoms with Crippen molar-refractivity contribution in [3.05, 3.63) is 88.2 Å². The van der Waals surface area contributed by atoms with Gasteiger partial charge in [-0.1, -0.05) is 35.9 Å². The molecule has 0 radical (unpaired) electrons. The first-order valence-corrected chi connectivity index (χ1v) is 16.7. The first-order valence-electron chi connectivity index (χ1n) is 14.9. The zero-order valence-electron chi connectivity index (χ0n) is 25.5. The number of nitrogens with zero attached hydrogens (tertiary/aromatic N) is 3. The van der Waals surface area contributed by atoms with E-state index in [1.54, 1.807) is 25.1 Å². The van der Waals surface area contributed by atoms with Crippen LogP contribution >= 0.6 is 11.6 Å². The van der Waals surface area contributed by atoms with Crippen molar-refractivity contribution >= 4 is 44.6 Å². The first-order chi connectivity index (χ1) is 21.6. The van der Waals surface area contributed by atoms with Crippen molar-refractivity contribution in [2.45, 2.75) is 49.7 Å². The van der Waals surface area contributed by atoms with E-state index in [-0.39, 0.29) is 29.2 Å². The molecule has 7 nitrogen and oxygen atoms in total. The summed E-state index contributed by atoms with van der Waals surface area (Å²) in [6, 6.07) is 13.2. The van der Waals surface area contributed by atoms with E-state index in [1.807, 2.05) is 26.0 Å². The Labute approximate surface area is 271 Å². The van der Waals surface area contributed by atoms with Gasteiger partial charge in [0.15, 0.2) is 5.79 Å². The van der Waals surface area contributed by atoms with Gasteiger partial charge >= 0.3 is 6.18 Å². The highest BCUT2D eigenvalue weighted by Gasteiger charge is 2.43. The van der Waals surface area contributed by atoms with Crippen LogP contribution in [-0.4, -0.2) is 70.6 Å². The fourth-order valence-corrected chi connectivity index (χ4v) is 8.19. The second kappa shape index (κ2) is 12.1. The third-order valence-corrected chi connectivity index (χ3v) is 10.8. The molecule has 13 heteroatoms. The maximum absolute atomic E-state index is 14.7. The van der Waals surface area contributed by atoms with Gasteiger partial charge in [0.2, 0.25) is 0 Å². The second-order valence-corrected chi connectivity index (χ2v) is 14.5. The van der Waals surface area contributed by atoms with E-state index in [0.717, 1.165) is 12.1 Å². The molecule has 3 aliphatic rings. The number of anilines is 2. The van der Waals surface area contributed by atoms with Gasteiger partial charge < -0.3 is 14.4 Å². The third-order valence-electron chi connectivity index (χ3n) is 8.72. The number of ether oxygens (including phenoxy) is 2. The van der Waals surface area contributed by atoms with Gasteiger partial charge in [-0.15, -0.1) is 0 Å². The molecule has 3 aromatic carbocycles. The van der Waals surface area contributed by atoms with Crippen molar-refractivity contribution in [2.24, 2.45) is 0 Å². The Bertz CT molecular complexity index is 1750. The summed E-state index contributed by atoms with van der Waals surface area (Å²) < 4.78 is 96.9. The van der Waals surface area contributed by atoms with Gasteiger partial charge in [0, 0.05) is 25.2 Å². The Morgan fingerprint density at radius 3 is 2.37 bits per heavy atom. The molecule has 3 aliphatic heterocycles. The summed E-state index contributed by atoms with van der Waals surface area (Å²) in [6.45, 7) is 8.11. The molecule has 0 aliphatic carbocycles. The maximum atomic E-state index is 14.7. The number of halogens is 5. The Morgan fingerprint density at radius 2 is 1.67 bits per heavy atom. The standard InChI is InChI=1S/C33H34ClF4N3O4S/c1-21(31-27(34)8-5-9-28(31)35)14-22-10-11-29-30(15-22)41(46(42,43)26-7-4-6-23(16-26)33(36,37)38)18-24-17-39(12-13-40(24)29)25-19-44-32(2,3)45-20-25/h4-11,14-16,24-25H,12-13,17-20H2,1-3H3/b21-14+/t24-/m0/s1. The number of piperazine rings is 1. The monoisotopic (exact) mass is 679 g/mol. The lowest BCUT2D eigenvalue weighted by molar-refractivity contribution is -0.264. The van der Waals surface area contributed by atoms with E-state index in [1.165, 1.54) is 22.5 Å². The molecule has 0 saturated carbocycles. The van der Waals surface area contributed by atoms with Gasteiger partial charge in [0.05, 0.1) is 58.7 Å². The molecule has 0 N–H and O–H groups in total. The molecular formula is C33H34ClF4N3O4S. The first kappa shape index (κ1) is 32.8. The SMILES string of the molecule is C/C(=C\c1ccc2c(c1)N(S(=O)(=O)c1cccc(C(F)(F)F)c1)C[C@@H]1CN(C3COC(C)(C)OC3)CCN21)c1c(F)cccc1Cl. The fraction of sp³-hybridized carbons (Fsp3) is 0.394. The van der Waals surface area contributed by atoms with Crippen LogP contribution in [0.5, 0.6) is 0 Å². The van der Waals surface area contributed by atoms with Crippen LogP contribution in [0.3, 0.4) is 0 Å². The number of hydrogen-bond acceptors (Lipinski definition) is 6. The zero-order valence-corrected chi connectivity index (χ0v) is 27.1. The summed E-state index contributed by atoms with van der Waals surface area (Å²) in [7, 11) is -4.44. The van der Waals surface area contributed by atoms with E-state index >= 15 is 0 Å². The summed E-state index contributed by atoms with van der Waals surface area (Å²) in [6.07, 6.45) is -3.01. The van der Waals surface area contributed by atoms with Gasteiger partial charge in [-0.3, -0.25) is 9.21 Å². The topological polar surface area (TPSA) is 62.3 Å². The van der Waals surface area contributed by atoms with Crippen molar-refractivity contribution in [3.8, 4) is 0 Å². The molecule has 2 saturated heterocycles. The summed E-state index contributed by atoms with van der Waals surface area (Å²) in [5, 5.41) is 0.235. The second-order valence-electron chi connectivity index (χ2n) is 12.3. The van der Waals surface area contributed by atoms with Gasteiger partial charge in [-0.25, -0.2) is 12.8 Å². The highest BCUT2D eigenvalue weighted by atomic mass is 35.5. The van der Waals surface area contributed by atoms with Crippen molar-refractivity contribution in [1.29, 1.82) is 0 Å². The molecule has 0 spiro atoms. The Balaban J connectivity index is 1.40. The highest BCUT2D eigenvalue weighted by molar-refractivity contribution is 7.92. The Morgan fingerprint density at radius 1 is 0.957 bits per heavy atom. The normalized spacial score (nSPS) is 21.2. The van der Waals surface area contributed by atoms with E-state index in [9.17, 15) is 26.0 Å². The molecule has 3 heterocycles. The molecule has 6 rings (SSSR count). The molecule has 3 aromatic rings. The molecule has 1 atom stereocenters. The fourth-order valence-electron chi connectivity index (χ4n) is 6.33. The largest absolute Gasteiger partial charge is 0.416 e. The summed E-state index contributed by atoms with van der Waals surface area (Å²) in [5.74, 6) is -1.17. The minimum atomic E-state index is -4.71. The number of sulfonamides is 1. The van der Waals surface area contributed by atoms with Gasteiger partial charge in [0.25, 0.3) is 10.0 Å². The van der Waals surface area contributed by atoms with Crippen LogP contribution in [0.25, 0.3) is 11.6 Å². The van der Waals surface area contributed by atoms with E-state index < -0.39 is 38.3 Å². The predicted molar refractivity (Wildman–Crippen MR) is 170 cm³/mol. The lowest BCUT2D eigenvalue weighted by Crippen LogP contribution is -2.64. The quantitative estimate of drug-likeness (QED) is 0.216. The number of benzene rings is 3. The average molecular weight is 680 g/mol. The van der Waals surface area contributed by atoms with Crippen LogP contribution < -0.4 is 9.21 Å². The molecule has 246 valence electrons. The minimum Gasteiger partial charge on any atom is -0.362 e. The predicted octanol–water partition coefficient (Wildman–Crippen LogP) is 6.91. The molecule has 0 aromatic heterocycles. The summed E-state index contributed by atoms with van der Waals surface area (Å²) >= 11 is 6.28. The van der Waals surface area contributed by atoms with Crippen molar-refractivity contribution in [1.82, 2.24) is 4.90 Å². The van der Waals surface area contributed by atoms with Crippen LogP contribution in [0.15, 0.2) is 65.6 Å². The van der Waals surface area contributed by atoms with Gasteiger partial charge in [-0.2, -0.15) is 13.2 Å². The van der Waals surface area contributed by atoms with Crippen LogP contribution in [0.1, 0.15) is 37.5 Å². The van der Waals surface area contributed by atoms with Crippen LogP contribution in [0.2, 0.25) is 5.02 Å². The van der Waals surface area contributed by atoms with Crippen molar-refractivity contribution in [3.63, 3.8) is 0 Å². The van der Waals surface area contributed by atoms with Crippen molar-refractivity contribution < 1.29 is 35.5 Å². The molecule has 0 bridgehead atoms. The number of allylic oxidation sites excluding steroid dienone is 1. The lowest BCUT2D eigenvalue weighted by atomic mass is 10.00. The smallest absolute Gasteiger partial charge is 0.362 e. The summed E-state index contributed by atoms with van der Waals surface area (Å²) in [4.78, 5) is 3.91. The molecule has 0 amide bonds. The van der Waals surface area contributed by atoms with E-state index in [4.69, 9.17) is 21.1 Å². The number of hydrogen-bond donors (Lipinski definition) is 0. The number of rotatable bonds is 5. The average Bonchev–Trinajstić information content (AvgIpc) is 3.00. The Kier molecular flexibility index (Phi) is 8.64. The van der Waals surface area contributed by atoms with Crippen LogP contribution in [0.4, 0.5) is 28.9 Å². The zero-order chi connectivity index (χ0) is 33.0. The molecular weight excluding hydrogens is 646 g/mol. The number of fused-ring (bicyclic) bond motifs is 3. The highest BCUT2D eigenvalue weighted by Crippen LogP contribution is 2.42. The van der Waals surface area contributed by atoms with E-state index in [0.29, 0.717) is 61.4 Å². The van der Waals surface area contributed by atoms with Gasteiger partial charge in [-0.05, 0) is 74.4 Å².